The van der Waals surface area contributed by atoms with Crippen molar-refractivity contribution in [3.05, 3.63) is 76.7 Å². The van der Waals surface area contributed by atoms with Gasteiger partial charge in [0.2, 0.25) is 0 Å². The first kappa shape index (κ1) is 14.7. The normalized spacial score (nSPS) is 15.4. The van der Waals surface area contributed by atoms with E-state index in [4.69, 9.17) is 4.74 Å². The molecule has 23 heavy (non-hydrogen) atoms. The van der Waals surface area contributed by atoms with E-state index in [1.165, 1.54) is 22.4 Å². The van der Waals surface area contributed by atoms with Crippen molar-refractivity contribution >= 4 is 15.9 Å². The van der Waals surface area contributed by atoms with Gasteiger partial charge in [-0.1, -0.05) is 58.4 Å². The van der Waals surface area contributed by atoms with E-state index in [1.54, 1.807) is 0 Å². The molecule has 0 bridgehead atoms. The summed E-state index contributed by atoms with van der Waals surface area (Å²) in [6.45, 7) is 1.38. The summed E-state index contributed by atoms with van der Waals surface area (Å²) in [5.74, 6) is 0. The molecule has 0 spiro atoms. The third-order valence-corrected chi connectivity index (χ3v) is 5.00. The smallest absolute Gasteiger partial charge is 0.0956 e. The van der Waals surface area contributed by atoms with Gasteiger partial charge in [0.1, 0.15) is 0 Å². The summed E-state index contributed by atoms with van der Waals surface area (Å²) in [6.07, 6.45) is 4.80. The molecule has 0 saturated carbocycles. The monoisotopic (exact) mass is 368 g/mol. The molecule has 0 fully saturated rings. The Balaban J connectivity index is 1.47. The number of aromatic nitrogens is 2. The third kappa shape index (κ3) is 2.73. The van der Waals surface area contributed by atoms with Gasteiger partial charge in [-0.15, -0.1) is 0 Å². The SMILES string of the molecule is Brc1cccc2c1C(CCOCc1ccccc1)n1cncc1-2. The zero-order valence-electron chi connectivity index (χ0n) is 12.7. The molecule has 1 aliphatic rings. The predicted octanol–water partition coefficient (Wildman–Crippen LogP) is 4.82. The first-order valence-corrected chi connectivity index (χ1v) is 8.56. The maximum absolute atomic E-state index is 5.88. The molecule has 3 nitrogen and oxygen atoms in total. The Bertz CT molecular complexity index is 813. The average molecular weight is 369 g/mol. The van der Waals surface area contributed by atoms with Gasteiger partial charge in [-0.2, -0.15) is 0 Å². The van der Waals surface area contributed by atoms with Crippen LogP contribution in [0.15, 0.2) is 65.5 Å². The number of imidazole rings is 1. The molecule has 0 N–H and O–H groups in total. The summed E-state index contributed by atoms with van der Waals surface area (Å²) in [4.78, 5) is 4.31. The van der Waals surface area contributed by atoms with Crippen LogP contribution in [0.4, 0.5) is 0 Å². The molecule has 1 unspecified atom stereocenters. The van der Waals surface area contributed by atoms with Gasteiger partial charge in [0.25, 0.3) is 0 Å². The molecule has 2 aromatic carbocycles. The maximum atomic E-state index is 5.88. The highest BCUT2D eigenvalue weighted by Crippen LogP contribution is 2.44. The van der Waals surface area contributed by atoms with E-state index in [9.17, 15) is 0 Å². The van der Waals surface area contributed by atoms with Crippen LogP contribution < -0.4 is 0 Å². The second-order valence-electron chi connectivity index (χ2n) is 5.73. The fraction of sp³-hybridized carbons (Fsp3) is 0.211. The Morgan fingerprint density at radius 3 is 2.83 bits per heavy atom. The lowest BCUT2D eigenvalue weighted by Crippen LogP contribution is -2.09. The fourth-order valence-corrected chi connectivity index (χ4v) is 3.87. The van der Waals surface area contributed by atoms with Crippen LogP contribution in [-0.2, 0) is 11.3 Å². The lowest BCUT2D eigenvalue weighted by Gasteiger charge is -2.16. The highest BCUT2D eigenvalue weighted by Gasteiger charge is 2.29. The van der Waals surface area contributed by atoms with E-state index in [2.05, 4.69) is 55.8 Å². The largest absolute Gasteiger partial charge is 0.377 e. The Morgan fingerprint density at radius 2 is 1.96 bits per heavy atom. The Morgan fingerprint density at radius 1 is 1.09 bits per heavy atom. The van der Waals surface area contributed by atoms with E-state index >= 15 is 0 Å². The van der Waals surface area contributed by atoms with E-state index < -0.39 is 0 Å². The molecule has 1 aromatic heterocycles. The summed E-state index contributed by atoms with van der Waals surface area (Å²) in [7, 11) is 0. The summed E-state index contributed by atoms with van der Waals surface area (Å²) in [5.41, 5.74) is 5.01. The molecule has 3 aromatic rings. The molecule has 1 atom stereocenters. The molecule has 0 amide bonds. The minimum Gasteiger partial charge on any atom is -0.377 e. The molecule has 1 aliphatic heterocycles. The van der Waals surface area contributed by atoms with E-state index in [-0.39, 0.29) is 6.04 Å². The van der Waals surface area contributed by atoms with Crippen LogP contribution in [0, 0.1) is 0 Å². The van der Waals surface area contributed by atoms with Gasteiger partial charge in [-0.3, -0.25) is 0 Å². The lowest BCUT2D eigenvalue weighted by atomic mass is 10.0. The zero-order valence-corrected chi connectivity index (χ0v) is 14.2. The van der Waals surface area contributed by atoms with Gasteiger partial charge in [0.05, 0.1) is 30.9 Å². The second kappa shape index (κ2) is 6.30. The predicted molar refractivity (Wildman–Crippen MR) is 94.2 cm³/mol. The average Bonchev–Trinajstić information content (AvgIpc) is 3.15. The molecule has 4 heteroatoms. The number of halogens is 1. The highest BCUT2D eigenvalue weighted by atomic mass is 79.9. The number of fused-ring (bicyclic) bond motifs is 3. The minimum atomic E-state index is 0.286. The van der Waals surface area contributed by atoms with Gasteiger partial charge >= 0.3 is 0 Å². The standard InChI is InChI=1S/C19H17BrN2O/c20-16-8-4-7-15-18-11-21-13-22(18)17(19(15)16)9-10-23-12-14-5-2-1-3-6-14/h1-8,11,13,17H,9-10,12H2. The maximum Gasteiger partial charge on any atom is 0.0956 e. The van der Waals surface area contributed by atoms with Crippen molar-refractivity contribution in [2.24, 2.45) is 0 Å². The Kier molecular flexibility index (Phi) is 4.02. The lowest BCUT2D eigenvalue weighted by molar-refractivity contribution is 0.112. The van der Waals surface area contributed by atoms with Crippen LogP contribution in [0.2, 0.25) is 0 Å². The van der Waals surface area contributed by atoms with Crippen molar-refractivity contribution in [2.75, 3.05) is 6.61 Å². The quantitative estimate of drug-likeness (QED) is 0.603. The van der Waals surface area contributed by atoms with Crippen LogP contribution in [0.25, 0.3) is 11.3 Å². The van der Waals surface area contributed by atoms with Crippen molar-refractivity contribution in [3.8, 4) is 11.3 Å². The second-order valence-corrected chi connectivity index (χ2v) is 6.58. The van der Waals surface area contributed by atoms with Gasteiger partial charge in [0.15, 0.2) is 0 Å². The summed E-state index contributed by atoms with van der Waals surface area (Å²) >= 11 is 3.70. The Hall–Kier alpha value is -1.91. The zero-order chi connectivity index (χ0) is 15.6. The first-order chi connectivity index (χ1) is 11.3. The number of rotatable bonds is 5. The molecule has 116 valence electrons. The van der Waals surface area contributed by atoms with Crippen LogP contribution in [-0.4, -0.2) is 16.2 Å². The van der Waals surface area contributed by atoms with Crippen molar-refractivity contribution in [3.63, 3.8) is 0 Å². The fourth-order valence-electron chi connectivity index (χ4n) is 3.24. The van der Waals surface area contributed by atoms with Crippen molar-refractivity contribution in [1.82, 2.24) is 9.55 Å². The van der Waals surface area contributed by atoms with Crippen LogP contribution in [0.1, 0.15) is 23.6 Å². The molecule has 0 aliphatic carbocycles. The van der Waals surface area contributed by atoms with Gasteiger partial charge < -0.3 is 9.30 Å². The molecule has 2 heterocycles. The molecule has 0 radical (unpaired) electrons. The van der Waals surface area contributed by atoms with Gasteiger partial charge in [-0.25, -0.2) is 4.98 Å². The number of hydrogen-bond acceptors (Lipinski definition) is 2. The van der Waals surface area contributed by atoms with Crippen molar-refractivity contribution in [1.29, 1.82) is 0 Å². The minimum absolute atomic E-state index is 0.286. The Labute approximate surface area is 144 Å². The van der Waals surface area contributed by atoms with Crippen molar-refractivity contribution < 1.29 is 4.74 Å². The van der Waals surface area contributed by atoms with Gasteiger partial charge in [-0.05, 0) is 23.6 Å². The van der Waals surface area contributed by atoms with Crippen LogP contribution in [0.5, 0.6) is 0 Å². The summed E-state index contributed by atoms with van der Waals surface area (Å²) < 4.78 is 9.29. The van der Waals surface area contributed by atoms with Crippen LogP contribution >= 0.6 is 15.9 Å². The summed E-state index contributed by atoms with van der Waals surface area (Å²) in [6, 6.07) is 16.9. The number of nitrogens with zero attached hydrogens (tertiary/aromatic N) is 2. The molecular weight excluding hydrogens is 352 g/mol. The first-order valence-electron chi connectivity index (χ1n) is 7.77. The van der Waals surface area contributed by atoms with E-state index in [0.717, 1.165) is 17.5 Å². The van der Waals surface area contributed by atoms with Crippen LogP contribution in [0.3, 0.4) is 0 Å². The van der Waals surface area contributed by atoms with Gasteiger partial charge in [0, 0.05) is 16.6 Å². The molecule has 0 saturated heterocycles. The van der Waals surface area contributed by atoms with Crippen molar-refractivity contribution in [2.45, 2.75) is 19.1 Å². The topological polar surface area (TPSA) is 27.1 Å². The summed E-state index contributed by atoms with van der Waals surface area (Å²) in [5, 5.41) is 0. The highest BCUT2D eigenvalue weighted by molar-refractivity contribution is 9.10. The van der Waals surface area contributed by atoms with E-state index in [0.29, 0.717) is 6.61 Å². The molecule has 4 rings (SSSR count). The molecular formula is C19H17BrN2O. The van der Waals surface area contributed by atoms with E-state index in [1.807, 2.05) is 30.7 Å². The third-order valence-electron chi connectivity index (χ3n) is 4.31. The number of hydrogen-bond donors (Lipinski definition) is 0. The number of benzene rings is 2. The number of ether oxygens (including phenoxy) is 1.